The number of amides is 1. The Morgan fingerprint density at radius 1 is 1.19 bits per heavy atom. The van der Waals surface area contributed by atoms with Crippen LogP contribution in [0.15, 0.2) is 29.6 Å². The van der Waals surface area contributed by atoms with Gasteiger partial charge in [-0.2, -0.15) is 0 Å². The molecule has 2 fully saturated rings. The fourth-order valence-corrected chi connectivity index (χ4v) is 5.34. The van der Waals surface area contributed by atoms with Crippen molar-refractivity contribution >= 4 is 39.8 Å². The van der Waals surface area contributed by atoms with Gasteiger partial charge in [0.1, 0.15) is 10.6 Å². The first-order chi connectivity index (χ1) is 15.6. The average molecular weight is 479 g/mol. The molecule has 2 aliphatic rings. The van der Waals surface area contributed by atoms with Gasteiger partial charge in [0, 0.05) is 27.4 Å². The number of nitrogens with one attached hydrogen (secondary N) is 1. The first-order valence-corrected chi connectivity index (χ1v) is 12.1. The van der Waals surface area contributed by atoms with Crippen LogP contribution in [-0.2, 0) is 19.0 Å². The minimum absolute atomic E-state index is 0.104. The van der Waals surface area contributed by atoms with Gasteiger partial charge in [-0.15, -0.1) is 11.3 Å². The maximum Gasteiger partial charge on any atom is 0.341 e. The van der Waals surface area contributed by atoms with Crippen LogP contribution in [0, 0.1) is 5.92 Å². The smallest absolute Gasteiger partial charge is 0.341 e. The van der Waals surface area contributed by atoms with Crippen molar-refractivity contribution < 1.29 is 23.8 Å². The standard InChI is InChI=1S/C23H27ClN2O5S/c1-2-29-22(28)20-17(16-5-3-4-6-18(16)24)14-32-21(20)25-19(27)13-26-9-7-15(8-10-26)23-30-11-12-31-23/h3-6,14-15,23H,2,7-13H2,1H3,(H,25,27). The molecule has 1 amide bonds. The number of benzene rings is 1. The van der Waals surface area contributed by atoms with Crippen molar-refractivity contribution in [3.05, 3.63) is 40.2 Å². The predicted molar refractivity (Wildman–Crippen MR) is 124 cm³/mol. The maximum absolute atomic E-state index is 12.8. The Bertz CT molecular complexity index is 952. The van der Waals surface area contributed by atoms with Crippen LogP contribution in [0.1, 0.15) is 30.1 Å². The number of ether oxygens (including phenoxy) is 3. The van der Waals surface area contributed by atoms with Gasteiger partial charge >= 0.3 is 5.97 Å². The molecule has 0 radical (unpaired) electrons. The van der Waals surface area contributed by atoms with Gasteiger partial charge in [-0.1, -0.05) is 29.8 Å². The Morgan fingerprint density at radius 3 is 2.59 bits per heavy atom. The van der Waals surface area contributed by atoms with E-state index in [0.717, 1.165) is 31.5 Å². The third-order valence-electron chi connectivity index (χ3n) is 5.72. The van der Waals surface area contributed by atoms with E-state index < -0.39 is 5.97 Å². The molecular weight excluding hydrogens is 452 g/mol. The SMILES string of the molecule is CCOC(=O)c1c(-c2ccccc2Cl)csc1NC(=O)CN1CCC(C2OCCO2)CC1. The molecule has 32 heavy (non-hydrogen) atoms. The van der Waals surface area contributed by atoms with Gasteiger partial charge in [0.05, 0.1) is 26.4 Å². The molecule has 2 saturated heterocycles. The van der Waals surface area contributed by atoms with Crippen LogP contribution in [0.3, 0.4) is 0 Å². The van der Waals surface area contributed by atoms with Gasteiger partial charge in [0.2, 0.25) is 5.91 Å². The van der Waals surface area contributed by atoms with Gasteiger partial charge < -0.3 is 19.5 Å². The number of esters is 1. The first kappa shape index (κ1) is 23.2. The molecule has 0 saturated carbocycles. The summed E-state index contributed by atoms with van der Waals surface area (Å²) in [5.74, 6) is -0.256. The number of nitrogens with zero attached hydrogens (tertiary/aromatic N) is 1. The van der Waals surface area contributed by atoms with Crippen LogP contribution in [0.4, 0.5) is 5.00 Å². The fraction of sp³-hybridized carbons (Fsp3) is 0.478. The van der Waals surface area contributed by atoms with E-state index in [1.165, 1.54) is 11.3 Å². The Morgan fingerprint density at radius 2 is 1.91 bits per heavy atom. The number of halogens is 1. The van der Waals surface area contributed by atoms with Crippen molar-refractivity contribution in [3.8, 4) is 11.1 Å². The van der Waals surface area contributed by atoms with E-state index in [2.05, 4.69) is 10.2 Å². The Hall–Kier alpha value is -1.97. The molecule has 7 nitrogen and oxygen atoms in total. The summed E-state index contributed by atoms with van der Waals surface area (Å²) in [6.07, 6.45) is 1.76. The molecule has 1 N–H and O–H groups in total. The van der Waals surface area contributed by atoms with Crippen molar-refractivity contribution in [2.24, 2.45) is 5.92 Å². The number of rotatable bonds is 7. The lowest BCUT2D eigenvalue weighted by Gasteiger charge is -2.33. The Labute approximate surface area is 196 Å². The second kappa shape index (κ2) is 10.8. The molecule has 2 aromatic rings. The predicted octanol–water partition coefficient (Wildman–Crippen LogP) is 4.27. The summed E-state index contributed by atoms with van der Waals surface area (Å²) in [6.45, 7) is 5.19. The van der Waals surface area contributed by atoms with E-state index >= 15 is 0 Å². The third-order valence-corrected chi connectivity index (χ3v) is 6.94. The summed E-state index contributed by atoms with van der Waals surface area (Å²) >= 11 is 7.65. The lowest BCUT2D eigenvalue weighted by molar-refractivity contribution is -0.119. The maximum atomic E-state index is 12.8. The Balaban J connectivity index is 1.42. The summed E-state index contributed by atoms with van der Waals surface area (Å²) in [5.41, 5.74) is 1.73. The summed E-state index contributed by atoms with van der Waals surface area (Å²) < 4.78 is 16.5. The molecule has 172 valence electrons. The topological polar surface area (TPSA) is 77.1 Å². The molecule has 0 aliphatic carbocycles. The van der Waals surface area contributed by atoms with Gasteiger partial charge in [-0.3, -0.25) is 9.69 Å². The number of thiophene rings is 1. The van der Waals surface area contributed by atoms with E-state index in [1.54, 1.807) is 13.0 Å². The monoisotopic (exact) mass is 478 g/mol. The van der Waals surface area contributed by atoms with Gasteiger partial charge in [0.15, 0.2) is 6.29 Å². The number of carbonyl (C=O) groups is 2. The highest BCUT2D eigenvalue weighted by Gasteiger charge is 2.31. The van der Waals surface area contributed by atoms with E-state index in [4.69, 9.17) is 25.8 Å². The molecule has 0 spiro atoms. The zero-order valence-electron chi connectivity index (χ0n) is 18.0. The van der Waals surface area contributed by atoms with Gasteiger partial charge in [0.25, 0.3) is 0 Å². The second-order valence-electron chi connectivity index (χ2n) is 7.83. The highest BCUT2D eigenvalue weighted by Crippen LogP contribution is 2.39. The van der Waals surface area contributed by atoms with Crippen LogP contribution in [0.5, 0.6) is 0 Å². The fourth-order valence-electron chi connectivity index (χ4n) is 4.13. The molecular formula is C23H27ClN2O5S. The molecule has 9 heteroatoms. The van der Waals surface area contributed by atoms with Crippen LogP contribution in [-0.4, -0.2) is 62.5 Å². The van der Waals surface area contributed by atoms with Crippen molar-refractivity contribution in [2.75, 3.05) is 44.8 Å². The van der Waals surface area contributed by atoms with Crippen LogP contribution >= 0.6 is 22.9 Å². The quantitative estimate of drug-likeness (QED) is 0.599. The molecule has 4 rings (SSSR count). The zero-order valence-corrected chi connectivity index (χ0v) is 19.5. The number of carbonyl (C=O) groups excluding carboxylic acids is 2. The number of piperidine rings is 1. The van der Waals surface area contributed by atoms with Gasteiger partial charge in [-0.25, -0.2) is 4.79 Å². The van der Waals surface area contributed by atoms with Crippen molar-refractivity contribution in [1.82, 2.24) is 4.90 Å². The summed E-state index contributed by atoms with van der Waals surface area (Å²) in [7, 11) is 0. The summed E-state index contributed by atoms with van der Waals surface area (Å²) in [6, 6.07) is 7.31. The minimum Gasteiger partial charge on any atom is -0.462 e. The van der Waals surface area contributed by atoms with Gasteiger partial charge in [-0.05, 0) is 38.9 Å². The average Bonchev–Trinajstić information content (AvgIpc) is 3.45. The Kier molecular flexibility index (Phi) is 7.80. The van der Waals surface area contributed by atoms with E-state index in [1.807, 2.05) is 23.6 Å². The second-order valence-corrected chi connectivity index (χ2v) is 9.11. The molecule has 1 aromatic carbocycles. The molecule has 0 unspecified atom stereocenters. The normalized spacial score (nSPS) is 18.1. The molecule has 3 heterocycles. The highest BCUT2D eigenvalue weighted by atomic mass is 35.5. The van der Waals surface area contributed by atoms with E-state index in [0.29, 0.717) is 40.3 Å². The van der Waals surface area contributed by atoms with Crippen LogP contribution in [0.2, 0.25) is 5.02 Å². The van der Waals surface area contributed by atoms with Crippen LogP contribution < -0.4 is 5.32 Å². The van der Waals surface area contributed by atoms with E-state index in [-0.39, 0.29) is 25.3 Å². The van der Waals surface area contributed by atoms with Crippen molar-refractivity contribution in [3.63, 3.8) is 0 Å². The molecule has 2 aliphatic heterocycles. The third kappa shape index (κ3) is 5.32. The van der Waals surface area contributed by atoms with E-state index in [9.17, 15) is 9.59 Å². The molecule has 1 aromatic heterocycles. The largest absolute Gasteiger partial charge is 0.462 e. The minimum atomic E-state index is -0.476. The first-order valence-electron chi connectivity index (χ1n) is 10.9. The van der Waals surface area contributed by atoms with Crippen LogP contribution in [0.25, 0.3) is 11.1 Å². The molecule has 0 bridgehead atoms. The summed E-state index contributed by atoms with van der Waals surface area (Å²) in [5, 5.41) is 5.76. The van der Waals surface area contributed by atoms with Crippen molar-refractivity contribution in [1.29, 1.82) is 0 Å². The summed E-state index contributed by atoms with van der Waals surface area (Å²) in [4.78, 5) is 27.6. The number of likely N-dealkylation sites (tertiary alicyclic amines) is 1. The molecule has 0 atom stereocenters. The lowest BCUT2D eigenvalue weighted by Crippen LogP contribution is -2.41. The zero-order chi connectivity index (χ0) is 22.5. The lowest BCUT2D eigenvalue weighted by atomic mass is 9.96. The number of hydrogen-bond donors (Lipinski definition) is 1. The van der Waals surface area contributed by atoms with Crippen molar-refractivity contribution in [2.45, 2.75) is 26.1 Å². The highest BCUT2D eigenvalue weighted by molar-refractivity contribution is 7.15. The number of anilines is 1. The number of hydrogen-bond acceptors (Lipinski definition) is 7.